The van der Waals surface area contributed by atoms with E-state index in [0.29, 0.717) is 17.0 Å². The lowest BCUT2D eigenvalue weighted by molar-refractivity contribution is -0.136. The molecule has 0 unspecified atom stereocenters. The van der Waals surface area contributed by atoms with Crippen molar-refractivity contribution < 1.29 is 18.7 Å². The summed E-state index contributed by atoms with van der Waals surface area (Å²) in [5.41, 5.74) is 5.18. The van der Waals surface area contributed by atoms with E-state index in [4.69, 9.17) is 4.74 Å². The van der Waals surface area contributed by atoms with Crippen molar-refractivity contribution in [2.45, 2.75) is 20.0 Å². The Balaban J connectivity index is 1.48. The van der Waals surface area contributed by atoms with Gasteiger partial charge in [0.25, 0.3) is 0 Å². The third kappa shape index (κ3) is 6.50. The molecule has 0 saturated heterocycles. The van der Waals surface area contributed by atoms with E-state index in [1.807, 2.05) is 19.1 Å². The number of nitrogens with one attached hydrogen (secondary N) is 2. The van der Waals surface area contributed by atoms with Gasteiger partial charge in [-0.25, -0.2) is 9.82 Å². The van der Waals surface area contributed by atoms with Gasteiger partial charge in [-0.3, -0.25) is 9.59 Å². The van der Waals surface area contributed by atoms with Crippen LogP contribution in [0.15, 0.2) is 77.9 Å². The van der Waals surface area contributed by atoms with Crippen molar-refractivity contribution in [1.82, 2.24) is 5.43 Å². The molecule has 0 aromatic heterocycles. The molecular formula is C24H22FN3O3. The maximum Gasteiger partial charge on any atom is 0.329 e. The van der Waals surface area contributed by atoms with Gasteiger partial charge in [0, 0.05) is 5.69 Å². The number of para-hydroxylation sites is 1. The predicted octanol–water partition coefficient (Wildman–Crippen LogP) is 4.06. The molecule has 0 aliphatic rings. The van der Waals surface area contributed by atoms with Gasteiger partial charge in [-0.15, -0.1) is 0 Å². The fraction of sp³-hybridized carbons (Fsp3) is 0.125. The molecule has 31 heavy (non-hydrogen) atoms. The quantitative estimate of drug-likeness (QED) is 0.344. The van der Waals surface area contributed by atoms with Gasteiger partial charge in [0.2, 0.25) is 0 Å². The Kier molecular flexibility index (Phi) is 7.48. The SMILES string of the molecule is CCc1ccccc1NC(=O)C(=O)N/N=C\c1ccc(OCc2cccc(F)c2)cc1. The normalized spacial score (nSPS) is 10.6. The number of aryl methyl sites for hydroxylation is 1. The van der Waals surface area contributed by atoms with Gasteiger partial charge >= 0.3 is 11.8 Å². The fourth-order valence-corrected chi connectivity index (χ4v) is 2.79. The number of hydrazone groups is 1. The number of nitrogens with zero attached hydrogens (tertiary/aromatic N) is 1. The van der Waals surface area contributed by atoms with Gasteiger partial charge in [-0.1, -0.05) is 37.3 Å². The van der Waals surface area contributed by atoms with Crippen LogP contribution in [-0.2, 0) is 22.6 Å². The van der Waals surface area contributed by atoms with Crippen LogP contribution in [0.4, 0.5) is 10.1 Å². The van der Waals surface area contributed by atoms with Crippen molar-refractivity contribution in [3.63, 3.8) is 0 Å². The van der Waals surface area contributed by atoms with Crippen molar-refractivity contribution in [1.29, 1.82) is 0 Å². The number of amides is 2. The van der Waals surface area contributed by atoms with Crippen LogP contribution >= 0.6 is 0 Å². The minimum atomic E-state index is -0.864. The molecule has 7 heteroatoms. The van der Waals surface area contributed by atoms with Gasteiger partial charge in [-0.05, 0) is 65.6 Å². The van der Waals surface area contributed by atoms with Gasteiger partial charge in [-0.2, -0.15) is 5.10 Å². The van der Waals surface area contributed by atoms with Crippen LogP contribution in [-0.4, -0.2) is 18.0 Å². The Hall–Kier alpha value is -4.00. The van der Waals surface area contributed by atoms with Crippen LogP contribution in [0.2, 0.25) is 0 Å². The maximum absolute atomic E-state index is 13.2. The lowest BCUT2D eigenvalue weighted by atomic mass is 10.1. The van der Waals surface area contributed by atoms with Crippen LogP contribution in [0.1, 0.15) is 23.6 Å². The first kappa shape index (κ1) is 21.7. The molecule has 0 radical (unpaired) electrons. The third-order valence-corrected chi connectivity index (χ3v) is 4.41. The van der Waals surface area contributed by atoms with Crippen LogP contribution in [0.3, 0.4) is 0 Å². The second-order valence-electron chi connectivity index (χ2n) is 6.65. The average molecular weight is 419 g/mol. The highest BCUT2D eigenvalue weighted by molar-refractivity contribution is 6.39. The van der Waals surface area contributed by atoms with Gasteiger partial charge in [0.1, 0.15) is 18.2 Å². The number of rotatable bonds is 7. The first-order chi connectivity index (χ1) is 15.0. The molecule has 0 aliphatic heterocycles. The van der Waals surface area contributed by atoms with Crippen LogP contribution in [0.5, 0.6) is 5.75 Å². The molecule has 3 aromatic rings. The number of hydrogen-bond acceptors (Lipinski definition) is 4. The minimum absolute atomic E-state index is 0.248. The summed E-state index contributed by atoms with van der Waals surface area (Å²) in [6.07, 6.45) is 2.15. The topological polar surface area (TPSA) is 79.8 Å². The Labute approximate surface area is 179 Å². The lowest BCUT2D eigenvalue weighted by Gasteiger charge is -2.08. The highest BCUT2D eigenvalue weighted by atomic mass is 19.1. The van der Waals surface area contributed by atoms with Crippen molar-refractivity contribution in [3.8, 4) is 5.75 Å². The molecule has 0 atom stereocenters. The summed E-state index contributed by atoms with van der Waals surface area (Å²) in [6.45, 7) is 2.21. The van der Waals surface area contributed by atoms with Crippen LogP contribution < -0.4 is 15.5 Å². The number of anilines is 1. The number of carbonyl (C=O) groups is 2. The van der Waals surface area contributed by atoms with E-state index in [-0.39, 0.29) is 12.4 Å². The van der Waals surface area contributed by atoms with E-state index in [2.05, 4.69) is 15.8 Å². The highest BCUT2D eigenvalue weighted by Crippen LogP contribution is 2.15. The Morgan fingerprint density at radius 2 is 1.77 bits per heavy atom. The number of carbonyl (C=O) groups excluding carboxylic acids is 2. The maximum atomic E-state index is 13.2. The van der Waals surface area contributed by atoms with Crippen LogP contribution in [0, 0.1) is 5.82 Å². The first-order valence-corrected chi connectivity index (χ1v) is 9.74. The molecule has 3 rings (SSSR count). The van der Waals surface area contributed by atoms with Crippen LogP contribution in [0.25, 0.3) is 0 Å². The molecule has 0 aliphatic carbocycles. The van der Waals surface area contributed by atoms with Gasteiger partial charge in [0.15, 0.2) is 0 Å². The highest BCUT2D eigenvalue weighted by Gasteiger charge is 2.14. The fourth-order valence-electron chi connectivity index (χ4n) is 2.79. The smallest absolute Gasteiger partial charge is 0.329 e. The molecule has 0 bridgehead atoms. The van der Waals surface area contributed by atoms with Gasteiger partial charge < -0.3 is 10.1 Å². The number of halogens is 1. The molecular weight excluding hydrogens is 397 g/mol. The lowest BCUT2D eigenvalue weighted by Crippen LogP contribution is -2.32. The molecule has 0 heterocycles. The molecule has 2 N–H and O–H groups in total. The van der Waals surface area contributed by atoms with Crippen molar-refractivity contribution in [3.05, 3.63) is 95.3 Å². The summed E-state index contributed by atoms with van der Waals surface area (Å²) in [5, 5.41) is 6.40. The molecule has 158 valence electrons. The second kappa shape index (κ2) is 10.7. The van der Waals surface area contributed by atoms with E-state index in [9.17, 15) is 14.0 Å². The zero-order valence-corrected chi connectivity index (χ0v) is 17.0. The monoisotopic (exact) mass is 419 g/mol. The summed E-state index contributed by atoms with van der Waals surface area (Å²) in [7, 11) is 0. The molecule has 0 fully saturated rings. The van der Waals surface area contributed by atoms with E-state index in [1.165, 1.54) is 18.3 Å². The molecule has 6 nitrogen and oxygen atoms in total. The van der Waals surface area contributed by atoms with Gasteiger partial charge in [0.05, 0.1) is 6.21 Å². The number of hydrogen-bond donors (Lipinski definition) is 2. The van der Waals surface area contributed by atoms with E-state index >= 15 is 0 Å². The van der Waals surface area contributed by atoms with E-state index in [1.54, 1.807) is 48.5 Å². The summed E-state index contributed by atoms with van der Waals surface area (Å²) in [6, 6.07) is 20.4. The van der Waals surface area contributed by atoms with Crippen molar-refractivity contribution >= 4 is 23.7 Å². The third-order valence-electron chi connectivity index (χ3n) is 4.41. The minimum Gasteiger partial charge on any atom is -0.489 e. The molecule has 2 amide bonds. The summed E-state index contributed by atoms with van der Waals surface area (Å²) < 4.78 is 18.8. The Morgan fingerprint density at radius 1 is 1.00 bits per heavy atom. The standard InChI is InChI=1S/C24H22FN3O3/c1-2-19-7-3-4-9-22(19)27-23(29)24(30)28-26-15-17-10-12-21(13-11-17)31-16-18-6-5-8-20(25)14-18/h3-15H,2,16H2,1H3,(H,27,29)(H,28,30)/b26-15-. The Morgan fingerprint density at radius 3 is 2.52 bits per heavy atom. The molecule has 3 aromatic carbocycles. The van der Waals surface area contributed by atoms with Crippen molar-refractivity contribution in [2.24, 2.45) is 5.10 Å². The van der Waals surface area contributed by atoms with E-state index in [0.717, 1.165) is 17.5 Å². The summed E-state index contributed by atoms with van der Waals surface area (Å²) in [5.74, 6) is -1.35. The average Bonchev–Trinajstić information content (AvgIpc) is 2.79. The zero-order valence-electron chi connectivity index (χ0n) is 17.0. The number of benzene rings is 3. The predicted molar refractivity (Wildman–Crippen MR) is 117 cm³/mol. The molecule has 0 saturated carbocycles. The summed E-state index contributed by atoms with van der Waals surface area (Å²) >= 11 is 0. The summed E-state index contributed by atoms with van der Waals surface area (Å²) in [4.78, 5) is 24.0. The van der Waals surface area contributed by atoms with E-state index < -0.39 is 11.8 Å². The Bertz CT molecular complexity index is 1080. The molecule has 0 spiro atoms. The largest absolute Gasteiger partial charge is 0.489 e. The second-order valence-corrected chi connectivity index (χ2v) is 6.65. The number of ether oxygens (including phenoxy) is 1. The van der Waals surface area contributed by atoms with Crippen molar-refractivity contribution in [2.75, 3.05) is 5.32 Å². The zero-order chi connectivity index (χ0) is 22.1. The first-order valence-electron chi connectivity index (χ1n) is 9.74.